The highest BCUT2D eigenvalue weighted by Crippen LogP contribution is 2.53. The first-order valence-electron chi connectivity index (χ1n) is 13.4. The minimum atomic E-state index is -3.01. The summed E-state index contributed by atoms with van der Waals surface area (Å²) in [6, 6.07) is 5.03. The first-order valence-corrected chi connectivity index (χ1v) is 13.4. The summed E-state index contributed by atoms with van der Waals surface area (Å²) >= 11 is 0. The number of halogens is 2. The molecule has 0 bridgehead atoms. The van der Waals surface area contributed by atoms with Crippen molar-refractivity contribution < 1.29 is 23.1 Å². The number of alkyl halides is 2. The van der Waals surface area contributed by atoms with Gasteiger partial charge in [-0.3, -0.25) is 4.79 Å². The van der Waals surface area contributed by atoms with Crippen LogP contribution in [0.1, 0.15) is 85.5 Å². The summed E-state index contributed by atoms with van der Waals surface area (Å²) in [5, 5.41) is 11.2. The zero-order valence-corrected chi connectivity index (χ0v) is 20.5. The molecule has 4 nitrogen and oxygen atoms in total. The van der Waals surface area contributed by atoms with E-state index in [0.717, 1.165) is 44.9 Å². The van der Waals surface area contributed by atoms with E-state index in [4.69, 9.17) is 4.42 Å². The number of allylic oxidation sites excluding steroid dienone is 6. The zero-order valence-electron chi connectivity index (χ0n) is 20.5. The fourth-order valence-corrected chi connectivity index (χ4v) is 6.40. The van der Waals surface area contributed by atoms with Crippen molar-refractivity contribution in [1.29, 1.82) is 0 Å². The molecule has 190 valence electrons. The Kier molecular flexibility index (Phi) is 6.01. The molecule has 6 rings (SSSR count). The van der Waals surface area contributed by atoms with Crippen LogP contribution in [0.25, 0.3) is 5.57 Å². The van der Waals surface area contributed by atoms with E-state index in [1.54, 1.807) is 18.2 Å². The van der Waals surface area contributed by atoms with Gasteiger partial charge in [0.05, 0.1) is 23.4 Å². The number of Topliss-reactive ketones (excluding diaryl/α,β-unsaturated/α-hetero) is 1. The Morgan fingerprint density at radius 2 is 2.00 bits per heavy atom. The van der Waals surface area contributed by atoms with E-state index in [9.17, 15) is 9.90 Å². The third kappa shape index (κ3) is 4.18. The van der Waals surface area contributed by atoms with E-state index in [0.29, 0.717) is 24.5 Å². The van der Waals surface area contributed by atoms with Crippen molar-refractivity contribution in [2.24, 2.45) is 17.8 Å². The first-order chi connectivity index (χ1) is 17.4. The molecule has 2 fully saturated rings. The van der Waals surface area contributed by atoms with Crippen LogP contribution in [-0.4, -0.2) is 21.4 Å². The lowest BCUT2D eigenvalue weighted by atomic mass is 9.85. The molecular formula is C30H33F2NO3. The quantitative estimate of drug-likeness (QED) is 0.332. The van der Waals surface area contributed by atoms with Crippen LogP contribution in [-0.2, 0) is 6.54 Å². The van der Waals surface area contributed by atoms with E-state index in [1.165, 1.54) is 22.5 Å². The molecule has 0 spiro atoms. The molecule has 0 amide bonds. The molecule has 3 aliphatic carbocycles. The van der Waals surface area contributed by atoms with Crippen LogP contribution in [0, 0.1) is 17.8 Å². The summed E-state index contributed by atoms with van der Waals surface area (Å²) in [7, 11) is 0. The molecular weight excluding hydrogens is 460 g/mol. The van der Waals surface area contributed by atoms with Gasteiger partial charge in [-0.2, -0.15) is 0 Å². The van der Waals surface area contributed by atoms with E-state index < -0.39 is 17.8 Å². The Balaban J connectivity index is 1.29. The summed E-state index contributed by atoms with van der Waals surface area (Å²) < 4.78 is 38.0. The highest BCUT2D eigenvalue weighted by atomic mass is 19.3. The van der Waals surface area contributed by atoms with Gasteiger partial charge in [-0.15, -0.1) is 0 Å². The third-order valence-corrected chi connectivity index (χ3v) is 8.62. The lowest BCUT2D eigenvalue weighted by molar-refractivity contribution is 0.0406. The van der Waals surface area contributed by atoms with Gasteiger partial charge in [0.1, 0.15) is 5.76 Å². The summed E-state index contributed by atoms with van der Waals surface area (Å²) in [6.07, 6.45) is 17.3. The molecule has 4 aliphatic rings. The number of hydrogen-bond donors (Lipinski definition) is 1. The van der Waals surface area contributed by atoms with Gasteiger partial charge in [0.15, 0.2) is 5.78 Å². The van der Waals surface area contributed by atoms with Crippen LogP contribution in [0.5, 0.6) is 5.88 Å². The van der Waals surface area contributed by atoms with Gasteiger partial charge in [-0.25, -0.2) is 8.78 Å². The number of fused-ring (bicyclic) bond motifs is 1. The van der Waals surface area contributed by atoms with E-state index in [2.05, 4.69) is 18.2 Å². The predicted octanol–water partition coefficient (Wildman–Crippen LogP) is 7.67. The monoisotopic (exact) mass is 493 g/mol. The zero-order chi connectivity index (χ0) is 24.9. The van der Waals surface area contributed by atoms with Crippen molar-refractivity contribution in [1.82, 2.24) is 4.57 Å². The molecule has 6 heteroatoms. The van der Waals surface area contributed by atoms with Gasteiger partial charge in [0.25, 0.3) is 5.92 Å². The number of aromatic nitrogens is 1. The van der Waals surface area contributed by atoms with Gasteiger partial charge >= 0.3 is 0 Å². The van der Waals surface area contributed by atoms with Crippen molar-refractivity contribution in [2.45, 2.75) is 76.2 Å². The van der Waals surface area contributed by atoms with Gasteiger partial charge in [-0.05, 0) is 75.5 Å². The summed E-state index contributed by atoms with van der Waals surface area (Å²) in [5.74, 6) is -3.54. The van der Waals surface area contributed by atoms with Crippen LogP contribution in [0.15, 0.2) is 58.8 Å². The molecule has 3 atom stereocenters. The van der Waals surface area contributed by atoms with Crippen LogP contribution < -0.4 is 0 Å². The SMILES string of the molecule is O=C(c1cc2n(c1O)CC(c1ccco1)C=C2C(F)(F)C1CC1)[C@H]1CCCC(C2=CC=CCC2)CC1. The van der Waals surface area contributed by atoms with Crippen molar-refractivity contribution in [3.63, 3.8) is 0 Å². The average molecular weight is 494 g/mol. The number of aromatic hydroxyl groups is 1. The maximum absolute atomic E-state index is 15.5. The number of nitrogens with zero attached hydrogens (tertiary/aromatic N) is 1. The van der Waals surface area contributed by atoms with E-state index in [-0.39, 0.29) is 41.0 Å². The normalized spacial score (nSPS) is 26.7. The Bertz CT molecular complexity index is 1230. The fraction of sp³-hybridized carbons (Fsp3) is 0.500. The lowest BCUT2D eigenvalue weighted by Crippen LogP contribution is -2.27. The van der Waals surface area contributed by atoms with E-state index in [1.807, 2.05) is 0 Å². The maximum Gasteiger partial charge on any atom is 0.277 e. The Morgan fingerprint density at radius 1 is 1.14 bits per heavy atom. The van der Waals surface area contributed by atoms with Crippen LogP contribution >= 0.6 is 0 Å². The first kappa shape index (κ1) is 23.5. The second-order valence-electron chi connectivity index (χ2n) is 11.0. The number of carbonyl (C=O) groups excluding carboxylic acids is 1. The second-order valence-corrected chi connectivity index (χ2v) is 11.0. The summed E-state index contributed by atoms with van der Waals surface area (Å²) in [5.41, 5.74) is 1.84. The van der Waals surface area contributed by atoms with Gasteiger partial charge < -0.3 is 14.1 Å². The standard InChI is InChI=1S/C30H33F2NO3/c31-30(32,23-13-14-23)25-16-22(27-10-5-15-36-27)18-33-26(25)17-24(29(33)35)28(34)21-9-4-8-20(11-12-21)19-6-2-1-3-7-19/h1-2,5-6,10,15-17,20-23,35H,3-4,7-9,11-14,18H2/t20?,21-,22?/m0/s1. The van der Waals surface area contributed by atoms with Gasteiger partial charge in [0.2, 0.25) is 5.88 Å². The number of ketones is 1. The highest BCUT2D eigenvalue weighted by molar-refractivity contribution is 6.01. The predicted molar refractivity (Wildman–Crippen MR) is 134 cm³/mol. The minimum Gasteiger partial charge on any atom is -0.494 e. The summed E-state index contributed by atoms with van der Waals surface area (Å²) in [4.78, 5) is 13.7. The van der Waals surface area contributed by atoms with Crippen molar-refractivity contribution in [2.75, 3.05) is 0 Å². The fourth-order valence-electron chi connectivity index (χ4n) is 6.40. The molecule has 3 heterocycles. The van der Waals surface area contributed by atoms with Crippen molar-refractivity contribution >= 4 is 11.4 Å². The number of hydrogen-bond acceptors (Lipinski definition) is 3. The number of rotatable bonds is 6. The third-order valence-electron chi connectivity index (χ3n) is 8.62. The molecule has 2 unspecified atom stereocenters. The van der Waals surface area contributed by atoms with Crippen LogP contribution in [0.2, 0.25) is 0 Å². The molecule has 2 saturated carbocycles. The molecule has 0 radical (unpaired) electrons. The molecule has 0 aromatic carbocycles. The maximum atomic E-state index is 15.5. The Hall–Kier alpha value is -2.89. The highest BCUT2D eigenvalue weighted by Gasteiger charge is 2.52. The smallest absolute Gasteiger partial charge is 0.277 e. The van der Waals surface area contributed by atoms with Crippen LogP contribution in [0.3, 0.4) is 0 Å². The molecule has 36 heavy (non-hydrogen) atoms. The number of furan rings is 1. The summed E-state index contributed by atoms with van der Waals surface area (Å²) in [6.45, 7) is 0.265. The molecule has 2 aromatic rings. The number of carbonyl (C=O) groups is 1. The molecule has 2 aromatic heterocycles. The van der Waals surface area contributed by atoms with Crippen molar-refractivity contribution in [3.05, 3.63) is 71.4 Å². The van der Waals surface area contributed by atoms with E-state index >= 15 is 8.78 Å². The van der Waals surface area contributed by atoms with Gasteiger partial charge in [-0.1, -0.05) is 36.3 Å². The Labute approximate surface area is 210 Å². The topological polar surface area (TPSA) is 55.4 Å². The lowest BCUT2D eigenvalue weighted by Gasteiger charge is -2.28. The molecule has 1 aliphatic heterocycles. The molecule has 0 saturated heterocycles. The average Bonchev–Trinajstić information content (AvgIpc) is 3.60. The van der Waals surface area contributed by atoms with Crippen LogP contribution in [0.4, 0.5) is 8.78 Å². The molecule has 1 N–H and O–H groups in total. The minimum absolute atomic E-state index is 0.0924. The Morgan fingerprint density at radius 3 is 2.72 bits per heavy atom. The van der Waals surface area contributed by atoms with Crippen molar-refractivity contribution in [3.8, 4) is 5.88 Å². The second kappa shape index (κ2) is 9.20. The van der Waals surface area contributed by atoms with Gasteiger partial charge in [0, 0.05) is 24.0 Å². The largest absolute Gasteiger partial charge is 0.494 e.